The van der Waals surface area contributed by atoms with Gasteiger partial charge in [0.1, 0.15) is 0 Å². The van der Waals surface area contributed by atoms with E-state index in [1.165, 1.54) is 5.57 Å². The SMILES string of the molecule is C[C@@H]1C[C@@]2(CCO1)C1=C(N=NC1)NC1=C2C(=O)CC(C)(C)C1. The number of nitrogens with zero attached hydrogens (tertiary/aromatic N) is 2. The summed E-state index contributed by atoms with van der Waals surface area (Å²) in [5.74, 6) is 1.18. The average Bonchev–Trinajstić information content (AvgIpc) is 2.85. The maximum absolute atomic E-state index is 13.0. The summed E-state index contributed by atoms with van der Waals surface area (Å²) < 4.78 is 5.77. The number of ether oxygens (including phenoxy) is 1. The van der Waals surface area contributed by atoms with Crippen molar-refractivity contribution in [3.8, 4) is 0 Å². The molecule has 3 heterocycles. The van der Waals surface area contributed by atoms with Gasteiger partial charge in [0.05, 0.1) is 12.6 Å². The highest BCUT2D eigenvalue weighted by Crippen LogP contribution is 2.55. The van der Waals surface area contributed by atoms with Gasteiger partial charge in [0.15, 0.2) is 11.6 Å². The first kappa shape index (κ1) is 14.1. The summed E-state index contributed by atoms with van der Waals surface area (Å²) in [7, 11) is 0. The van der Waals surface area contributed by atoms with E-state index in [2.05, 4.69) is 36.3 Å². The Morgan fingerprint density at radius 1 is 1.32 bits per heavy atom. The molecule has 1 fully saturated rings. The van der Waals surface area contributed by atoms with Gasteiger partial charge in [-0.2, -0.15) is 5.11 Å². The van der Waals surface area contributed by atoms with Crippen LogP contribution in [0.3, 0.4) is 0 Å². The number of Topliss-reactive ketones (excluding diaryl/α,β-unsaturated/α-hetero) is 1. The number of allylic oxidation sites excluding steroid dienone is 2. The van der Waals surface area contributed by atoms with Crippen molar-refractivity contribution in [2.45, 2.75) is 52.6 Å². The molecular formula is C17H23N3O2. The lowest BCUT2D eigenvalue weighted by Gasteiger charge is -2.48. The first-order valence-electron chi connectivity index (χ1n) is 8.18. The summed E-state index contributed by atoms with van der Waals surface area (Å²) >= 11 is 0. The summed E-state index contributed by atoms with van der Waals surface area (Å²) in [4.78, 5) is 13.0. The Morgan fingerprint density at radius 2 is 2.14 bits per heavy atom. The molecule has 0 amide bonds. The molecule has 0 unspecified atom stereocenters. The smallest absolute Gasteiger partial charge is 0.162 e. The standard InChI is InChI=1S/C17H23N3O2/c1-10-6-17(4-5-22-10)11-9-18-20-15(11)19-12-7-16(2,3)8-13(21)14(12)17/h10,19H,4-9H2,1-3H3/t10-,17+/m1/s1. The fourth-order valence-corrected chi connectivity index (χ4v) is 4.65. The molecule has 1 saturated heterocycles. The molecule has 118 valence electrons. The maximum Gasteiger partial charge on any atom is 0.162 e. The molecule has 0 radical (unpaired) electrons. The molecule has 0 saturated carbocycles. The Bertz CT molecular complexity index is 644. The number of ketones is 1. The van der Waals surface area contributed by atoms with Crippen molar-refractivity contribution in [3.63, 3.8) is 0 Å². The van der Waals surface area contributed by atoms with Crippen molar-refractivity contribution in [2.75, 3.05) is 13.2 Å². The fourth-order valence-electron chi connectivity index (χ4n) is 4.65. The highest BCUT2D eigenvalue weighted by Gasteiger charge is 2.52. The Hall–Kier alpha value is -1.49. The molecule has 4 aliphatic rings. The highest BCUT2D eigenvalue weighted by atomic mass is 16.5. The van der Waals surface area contributed by atoms with Crippen LogP contribution >= 0.6 is 0 Å². The van der Waals surface area contributed by atoms with Gasteiger partial charge >= 0.3 is 0 Å². The van der Waals surface area contributed by atoms with Crippen molar-refractivity contribution < 1.29 is 9.53 Å². The Kier molecular flexibility index (Phi) is 2.89. The number of rotatable bonds is 0. The van der Waals surface area contributed by atoms with Crippen molar-refractivity contribution in [1.29, 1.82) is 0 Å². The van der Waals surface area contributed by atoms with Crippen LogP contribution in [0, 0.1) is 10.8 Å². The first-order chi connectivity index (χ1) is 10.4. The van der Waals surface area contributed by atoms with Crippen molar-refractivity contribution in [1.82, 2.24) is 5.32 Å². The third-order valence-corrected chi connectivity index (χ3v) is 5.45. The van der Waals surface area contributed by atoms with Crippen LogP contribution in [0.5, 0.6) is 0 Å². The summed E-state index contributed by atoms with van der Waals surface area (Å²) in [5, 5.41) is 12.0. The Morgan fingerprint density at radius 3 is 2.91 bits per heavy atom. The third kappa shape index (κ3) is 1.91. The van der Waals surface area contributed by atoms with Gasteiger partial charge in [0, 0.05) is 35.3 Å². The number of hydrogen-bond donors (Lipinski definition) is 1. The Balaban J connectivity index is 1.86. The van der Waals surface area contributed by atoms with Gasteiger partial charge in [-0.15, -0.1) is 5.11 Å². The minimum Gasteiger partial charge on any atom is -0.378 e. The van der Waals surface area contributed by atoms with Gasteiger partial charge in [-0.25, -0.2) is 0 Å². The lowest BCUT2D eigenvalue weighted by molar-refractivity contribution is -0.120. The second-order valence-electron chi connectivity index (χ2n) is 7.86. The first-order valence-corrected chi connectivity index (χ1v) is 8.18. The van der Waals surface area contributed by atoms with Crippen molar-refractivity contribution in [2.24, 2.45) is 21.1 Å². The molecule has 1 spiro atoms. The molecule has 0 aromatic rings. The molecule has 5 nitrogen and oxygen atoms in total. The van der Waals surface area contributed by atoms with Crippen molar-refractivity contribution in [3.05, 3.63) is 22.7 Å². The number of dihydropyridines is 1. The van der Waals surface area contributed by atoms with Crippen molar-refractivity contribution >= 4 is 5.78 Å². The van der Waals surface area contributed by atoms with Gasteiger partial charge in [-0.3, -0.25) is 4.79 Å². The minimum absolute atomic E-state index is 0.00863. The monoisotopic (exact) mass is 301 g/mol. The molecular weight excluding hydrogens is 278 g/mol. The van der Waals surface area contributed by atoms with Crippen LogP contribution in [0.1, 0.15) is 46.5 Å². The second kappa shape index (κ2) is 4.51. The fraction of sp³-hybridized carbons (Fsp3) is 0.706. The van der Waals surface area contributed by atoms with Gasteiger partial charge in [0.2, 0.25) is 0 Å². The largest absolute Gasteiger partial charge is 0.378 e. The van der Waals surface area contributed by atoms with Crippen LogP contribution in [0.15, 0.2) is 32.9 Å². The number of nitrogens with one attached hydrogen (secondary N) is 1. The Labute approximate surface area is 130 Å². The van der Waals surface area contributed by atoms with Crippen LogP contribution in [-0.4, -0.2) is 25.0 Å². The summed E-state index contributed by atoms with van der Waals surface area (Å²) in [6.45, 7) is 7.74. The quantitative estimate of drug-likeness (QED) is 0.748. The molecule has 0 aromatic heterocycles. The molecule has 1 N–H and O–H groups in total. The molecule has 3 aliphatic heterocycles. The van der Waals surface area contributed by atoms with Gasteiger partial charge < -0.3 is 10.1 Å². The van der Waals surface area contributed by atoms with Gasteiger partial charge in [0.25, 0.3) is 0 Å². The van der Waals surface area contributed by atoms with E-state index in [0.29, 0.717) is 25.4 Å². The van der Waals surface area contributed by atoms with Crippen LogP contribution in [0.2, 0.25) is 0 Å². The zero-order valence-electron chi connectivity index (χ0n) is 13.5. The van der Waals surface area contributed by atoms with E-state index >= 15 is 0 Å². The molecule has 0 aromatic carbocycles. The molecule has 22 heavy (non-hydrogen) atoms. The normalized spacial score (nSPS) is 36.5. The number of carbonyl (C=O) groups excluding carboxylic acids is 1. The van der Waals surface area contributed by atoms with E-state index in [1.54, 1.807) is 0 Å². The summed E-state index contributed by atoms with van der Waals surface area (Å²) in [5.41, 5.74) is 3.09. The molecule has 0 bridgehead atoms. The predicted octanol–water partition coefficient (Wildman–Crippen LogP) is 3.10. The van der Waals surface area contributed by atoms with Crippen LogP contribution < -0.4 is 5.32 Å². The zero-order chi connectivity index (χ0) is 15.5. The molecule has 4 rings (SSSR count). The predicted molar refractivity (Wildman–Crippen MR) is 82.0 cm³/mol. The zero-order valence-corrected chi connectivity index (χ0v) is 13.5. The average molecular weight is 301 g/mol. The highest BCUT2D eigenvalue weighted by molar-refractivity contribution is 6.00. The number of azo groups is 1. The molecule has 5 heteroatoms. The van der Waals surface area contributed by atoms with E-state index in [-0.39, 0.29) is 16.9 Å². The molecule has 2 atom stereocenters. The van der Waals surface area contributed by atoms with E-state index in [4.69, 9.17) is 4.74 Å². The van der Waals surface area contributed by atoms with E-state index in [1.807, 2.05) is 0 Å². The van der Waals surface area contributed by atoms with E-state index < -0.39 is 0 Å². The molecule has 1 aliphatic carbocycles. The lowest BCUT2D eigenvalue weighted by atomic mass is 9.59. The van der Waals surface area contributed by atoms with Gasteiger partial charge in [-0.05, 0) is 31.6 Å². The van der Waals surface area contributed by atoms with Gasteiger partial charge in [-0.1, -0.05) is 13.8 Å². The third-order valence-electron chi connectivity index (χ3n) is 5.45. The summed E-state index contributed by atoms with van der Waals surface area (Å²) in [6.07, 6.45) is 3.42. The topological polar surface area (TPSA) is 63.1 Å². The second-order valence-corrected chi connectivity index (χ2v) is 7.86. The van der Waals surface area contributed by atoms with E-state index in [9.17, 15) is 4.79 Å². The van der Waals surface area contributed by atoms with Crippen LogP contribution in [0.25, 0.3) is 0 Å². The number of carbonyl (C=O) groups is 1. The van der Waals surface area contributed by atoms with Crippen LogP contribution in [-0.2, 0) is 9.53 Å². The maximum atomic E-state index is 13.0. The summed E-state index contributed by atoms with van der Waals surface area (Å²) in [6, 6.07) is 0. The number of hydrogen-bond acceptors (Lipinski definition) is 5. The number of fused-ring (bicyclic) bond motifs is 2. The minimum atomic E-state index is -0.204. The van der Waals surface area contributed by atoms with E-state index in [0.717, 1.165) is 36.4 Å². The lowest BCUT2D eigenvalue weighted by Crippen LogP contribution is -2.47. The van der Waals surface area contributed by atoms with Crippen LogP contribution in [0.4, 0.5) is 0 Å².